The Bertz CT molecular complexity index is 351. The molecule has 16 heavy (non-hydrogen) atoms. The van der Waals surface area contributed by atoms with Crippen LogP contribution in [0.4, 0.5) is 4.79 Å². The maximum atomic E-state index is 11.4. The number of amides is 1. The summed E-state index contributed by atoms with van der Waals surface area (Å²) in [6.45, 7) is 0.744. The van der Waals surface area contributed by atoms with Gasteiger partial charge in [-0.2, -0.15) is 0 Å². The number of benzene rings is 1. The number of carbonyl (C=O) groups is 1. The third-order valence-electron chi connectivity index (χ3n) is 2.87. The highest BCUT2D eigenvalue weighted by molar-refractivity contribution is 5.67. The van der Waals surface area contributed by atoms with E-state index in [9.17, 15) is 4.79 Å². The second-order valence-electron chi connectivity index (χ2n) is 3.80. The number of rotatable bonds is 1. The van der Waals surface area contributed by atoms with Crippen molar-refractivity contribution >= 4 is 6.09 Å². The van der Waals surface area contributed by atoms with E-state index in [0.717, 1.165) is 12.8 Å². The second kappa shape index (κ2) is 4.99. The molecule has 0 bridgehead atoms. The first kappa shape index (κ1) is 11.0. The molecule has 0 saturated carbocycles. The van der Waals surface area contributed by atoms with Gasteiger partial charge < -0.3 is 14.7 Å². The number of hydrogen-bond acceptors (Lipinski definition) is 3. The van der Waals surface area contributed by atoms with Crippen LogP contribution in [0.3, 0.4) is 0 Å². The summed E-state index contributed by atoms with van der Waals surface area (Å²) in [7, 11) is 0. The second-order valence-corrected chi connectivity index (χ2v) is 3.80. The van der Waals surface area contributed by atoms with Crippen LogP contribution in [0.15, 0.2) is 24.3 Å². The van der Waals surface area contributed by atoms with Crippen LogP contribution < -0.4 is 0 Å². The predicted octanol–water partition coefficient (Wildman–Crippen LogP) is 1.17. The summed E-state index contributed by atoms with van der Waals surface area (Å²) < 4.78 is 4.58. The molecule has 1 aromatic carbocycles. The van der Waals surface area contributed by atoms with Gasteiger partial charge in [-0.25, -0.2) is 4.79 Å². The summed E-state index contributed by atoms with van der Waals surface area (Å²) in [6, 6.07) is 8.22. The van der Waals surface area contributed by atoms with Gasteiger partial charge in [-0.15, -0.1) is 0 Å². The topological polar surface area (TPSA) is 49.8 Å². The molecule has 1 aliphatic heterocycles. The molecule has 86 valence electrons. The van der Waals surface area contributed by atoms with E-state index in [2.05, 4.69) is 16.9 Å². The normalized spacial score (nSPS) is 15.2. The van der Waals surface area contributed by atoms with Gasteiger partial charge in [0.2, 0.25) is 0 Å². The molecule has 0 spiro atoms. The molecule has 1 heterocycles. The minimum Gasteiger partial charge on any atom is -0.422 e. The van der Waals surface area contributed by atoms with Crippen LogP contribution >= 0.6 is 0 Å². The molecule has 1 aromatic rings. The van der Waals surface area contributed by atoms with Crippen molar-refractivity contribution in [2.75, 3.05) is 19.9 Å². The average molecular weight is 221 g/mol. The van der Waals surface area contributed by atoms with Gasteiger partial charge in [0.1, 0.15) is 0 Å². The van der Waals surface area contributed by atoms with E-state index in [1.54, 1.807) is 4.90 Å². The van der Waals surface area contributed by atoms with Crippen LogP contribution in [-0.2, 0) is 17.6 Å². The van der Waals surface area contributed by atoms with E-state index in [0.29, 0.717) is 13.1 Å². The van der Waals surface area contributed by atoms with Gasteiger partial charge in [-0.3, -0.25) is 0 Å². The van der Waals surface area contributed by atoms with Crippen molar-refractivity contribution in [1.82, 2.24) is 4.90 Å². The Labute approximate surface area is 94.4 Å². The summed E-state index contributed by atoms with van der Waals surface area (Å²) in [6.07, 6.45) is 1.25. The number of nitrogens with zero attached hydrogens (tertiary/aromatic N) is 1. The molecule has 4 nitrogen and oxygen atoms in total. The summed E-state index contributed by atoms with van der Waals surface area (Å²) >= 11 is 0. The van der Waals surface area contributed by atoms with Crippen LogP contribution in [0.5, 0.6) is 0 Å². The zero-order valence-electron chi connectivity index (χ0n) is 9.06. The van der Waals surface area contributed by atoms with E-state index in [1.807, 2.05) is 12.1 Å². The molecule has 0 atom stereocenters. The van der Waals surface area contributed by atoms with Gasteiger partial charge in [0.25, 0.3) is 0 Å². The van der Waals surface area contributed by atoms with Crippen molar-refractivity contribution in [3.05, 3.63) is 35.4 Å². The zero-order valence-corrected chi connectivity index (χ0v) is 9.06. The van der Waals surface area contributed by atoms with E-state index >= 15 is 0 Å². The summed E-state index contributed by atoms with van der Waals surface area (Å²) in [5.41, 5.74) is 2.59. The smallest absolute Gasteiger partial charge is 0.411 e. The highest BCUT2D eigenvalue weighted by Crippen LogP contribution is 2.15. The van der Waals surface area contributed by atoms with Crippen LogP contribution in [0.25, 0.3) is 0 Å². The number of hydrogen-bond donors (Lipinski definition) is 1. The van der Waals surface area contributed by atoms with Gasteiger partial charge in [-0.1, -0.05) is 24.3 Å². The van der Waals surface area contributed by atoms with Crippen LogP contribution in [-0.4, -0.2) is 36.0 Å². The summed E-state index contributed by atoms with van der Waals surface area (Å²) in [4.78, 5) is 13.1. The van der Waals surface area contributed by atoms with Gasteiger partial charge in [-0.05, 0) is 24.0 Å². The Balaban J connectivity index is 2.04. The van der Waals surface area contributed by atoms with Crippen molar-refractivity contribution in [1.29, 1.82) is 0 Å². The fraction of sp³-hybridized carbons (Fsp3) is 0.417. The Morgan fingerprint density at radius 1 is 1.25 bits per heavy atom. The Morgan fingerprint density at radius 3 is 2.31 bits per heavy atom. The van der Waals surface area contributed by atoms with E-state index < -0.39 is 12.9 Å². The lowest BCUT2D eigenvalue weighted by atomic mass is 10.0. The molecule has 0 unspecified atom stereocenters. The van der Waals surface area contributed by atoms with E-state index in [1.165, 1.54) is 11.1 Å². The fourth-order valence-corrected chi connectivity index (χ4v) is 2.00. The van der Waals surface area contributed by atoms with Gasteiger partial charge in [0, 0.05) is 13.1 Å². The minimum absolute atomic E-state index is 0.435. The lowest BCUT2D eigenvalue weighted by Gasteiger charge is -2.18. The first-order valence-electron chi connectivity index (χ1n) is 5.40. The zero-order chi connectivity index (χ0) is 11.4. The van der Waals surface area contributed by atoms with Crippen molar-refractivity contribution in [2.24, 2.45) is 0 Å². The number of fused-ring (bicyclic) bond motifs is 1. The highest BCUT2D eigenvalue weighted by atomic mass is 16.6. The molecule has 0 saturated heterocycles. The standard InChI is InChI=1S/C12H15NO3/c14-9-16-12(15)13-7-5-10-3-1-2-4-11(10)6-8-13/h1-4,14H,5-9H2. The van der Waals surface area contributed by atoms with Gasteiger partial charge in [0.15, 0.2) is 6.79 Å². The molecular formula is C12H15NO3. The van der Waals surface area contributed by atoms with Gasteiger partial charge >= 0.3 is 6.09 Å². The van der Waals surface area contributed by atoms with E-state index in [-0.39, 0.29) is 0 Å². The van der Waals surface area contributed by atoms with Gasteiger partial charge in [0.05, 0.1) is 0 Å². The first-order chi connectivity index (χ1) is 7.81. The molecule has 1 amide bonds. The third-order valence-corrected chi connectivity index (χ3v) is 2.87. The fourth-order valence-electron chi connectivity index (χ4n) is 2.00. The largest absolute Gasteiger partial charge is 0.422 e. The monoisotopic (exact) mass is 221 g/mol. The van der Waals surface area contributed by atoms with Crippen LogP contribution in [0, 0.1) is 0 Å². The highest BCUT2D eigenvalue weighted by Gasteiger charge is 2.18. The summed E-state index contributed by atoms with van der Waals surface area (Å²) in [5, 5.41) is 8.54. The lowest BCUT2D eigenvalue weighted by Crippen LogP contribution is -2.33. The van der Waals surface area contributed by atoms with Crippen molar-refractivity contribution in [2.45, 2.75) is 12.8 Å². The predicted molar refractivity (Wildman–Crippen MR) is 59.0 cm³/mol. The number of aliphatic hydroxyl groups excluding tert-OH is 1. The number of ether oxygens (including phenoxy) is 1. The Hall–Kier alpha value is -1.55. The molecule has 1 aliphatic rings. The molecule has 1 N–H and O–H groups in total. The maximum absolute atomic E-state index is 11.4. The molecule has 0 radical (unpaired) electrons. The first-order valence-corrected chi connectivity index (χ1v) is 5.40. The number of aliphatic hydroxyl groups is 1. The van der Waals surface area contributed by atoms with Crippen molar-refractivity contribution < 1.29 is 14.6 Å². The van der Waals surface area contributed by atoms with E-state index in [4.69, 9.17) is 5.11 Å². The van der Waals surface area contributed by atoms with Crippen LogP contribution in [0.2, 0.25) is 0 Å². The summed E-state index contributed by atoms with van der Waals surface area (Å²) in [5.74, 6) is 0. The van der Waals surface area contributed by atoms with Crippen molar-refractivity contribution in [3.63, 3.8) is 0 Å². The van der Waals surface area contributed by atoms with Crippen molar-refractivity contribution in [3.8, 4) is 0 Å². The maximum Gasteiger partial charge on any atom is 0.411 e. The lowest BCUT2D eigenvalue weighted by molar-refractivity contribution is 0.0228. The minimum atomic E-state index is -0.553. The quantitative estimate of drug-likeness (QED) is 0.724. The molecule has 0 aromatic heterocycles. The molecular weight excluding hydrogens is 206 g/mol. The third kappa shape index (κ3) is 2.33. The average Bonchev–Trinajstić information content (AvgIpc) is 2.51. The SMILES string of the molecule is O=C(OCO)N1CCc2ccccc2CC1. The Kier molecular flexibility index (Phi) is 3.41. The Morgan fingerprint density at radius 2 is 1.81 bits per heavy atom. The molecule has 0 aliphatic carbocycles. The molecule has 0 fully saturated rings. The van der Waals surface area contributed by atoms with Crippen LogP contribution in [0.1, 0.15) is 11.1 Å². The number of carbonyl (C=O) groups excluding carboxylic acids is 1. The molecule has 4 heteroatoms. The molecule has 2 rings (SSSR count).